The van der Waals surface area contributed by atoms with Gasteiger partial charge in [-0.3, -0.25) is 19.7 Å². The number of non-ortho nitro benzene ring substituents is 1. The average molecular weight is 383 g/mol. The number of hydrogen-bond donors (Lipinski definition) is 0. The lowest BCUT2D eigenvalue weighted by Crippen LogP contribution is -2.49. The number of hydrogen-bond acceptors (Lipinski definition) is 6. The lowest BCUT2D eigenvalue weighted by molar-refractivity contribution is -0.384. The summed E-state index contributed by atoms with van der Waals surface area (Å²) in [6.45, 7) is 2.28. The van der Waals surface area contributed by atoms with E-state index in [1.54, 1.807) is 31.3 Å². The Morgan fingerprint density at radius 3 is 2.11 bits per heavy atom. The summed E-state index contributed by atoms with van der Waals surface area (Å²) in [7, 11) is 3.38. The van der Waals surface area contributed by atoms with E-state index >= 15 is 0 Å². The molecule has 0 bridgehead atoms. The first-order valence-electron chi connectivity index (χ1n) is 8.83. The molecule has 0 N–H and O–H groups in total. The number of piperazine rings is 1. The second kappa shape index (κ2) is 8.03. The van der Waals surface area contributed by atoms with Gasteiger partial charge in [-0.15, -0.1) is 0 Å². The summed E-state index contributed by atoms with van der Waals surface area (Å²) < 4.78 is 0. The molecule has 28 heavy (non-hydrogen) atoms. The van der Waals surface area contributed by atoms with Crippen LogP contribution in [0.4, 0.5) is 11.5 Å². The van der Waals surface area contributed by atoms with Crippen molar-refractivity contribution < 1.29 is 14.5 Å². The van der Waals surface area contributed by atoms with Crippen molar-refractivity contribution in [1.82, 2.24) is 14.8 Å². The van der Waals surface area contributed by atoms with Crippen LogP contribution in [-0.2, 0) is 0 Å². The smallest absolute Gasteiger partial charge is 0.269 e. The zero-order valence-corrected chi connectivity index (χ0v) is 15.7. The Balaban J connectivity index is 1.60. The number of nitro benzene ring substituents is 1. The summed E-state index contributed by atoms with van der Waals surface area (Å²) in [6, 6.07) is 9.20. The van der Waals surface area contributed by atoms with Crippen LogP contribution in [0.15, 0.2) is 42.6 Å². The van der Waals surface area contributed by atoms with Gasteiger partial charge in [-0.1, -0.05) is 0 Å². The molecule has 9 heteroatoms. The molecular weight excluding hydrogens is 362 g/mol. The summed E-state index contributed by atoms with van der Waals surface area (Å²) in [5.74, 6) is 0.518. The van der Waals surface area contributed by atoms with E-state index in [1.807, 2.05) is 6.07 Å². The van der Waals surface area contributed by atoms with E-state index in [-0.39, 0.29) is 17.5 Å². The number of aromatic nitrogens is 1. The third-order valence-electron chi connectivity index (χ3n) is 4.62. The van der Waals surface area contributed by atoms with E-state index in [4.69, 9.17) is 0 Å². The second-order valence-electron chi connectivity index (χ2n) is 6.69. The van der Waals surface area contributed by atoms with Crippen molar-refractivity contribution in [3.05, 3.63) is 63.8 Å². The van der Waals surface area contributed by atoms with Crippen LogP contribution in [0.2, 0.25) is 0 Å². The molecule has 146 valence electrons. The zero-order valence-electron chi connectivity index (χ0n) is 15.7. The van der Waals surface area contributed by atoms with Gasteiger partial charge >= 0.3 is 0 Å². The quantitative estimate of drug-likeness (QED) is 0.588. The first-order valence-corrected chi connectivity index (χ1v) is 8.83. The predicted octanol–water partition coefficient (Wildman–Crippen LogP) is 1.65. The van der Waals surface area contributed by atoms with Crippen LogP contribution in [0.3, 0.4) is 0 Å². The van der Waals surface area contributed by atoms with Crippen LogP contribution >= 0.6 is 0 Å². The fourth-order valence-corrected chi connectivity index (χ4v) is 3.00. The molecule has 2 heterocycles. The molecule has 2 amide bonds. The van der Waals surface area contributed by atoms with Crippen LogP contribution in [-0.4, -0.2) is 71.8 Å². The van der Waals surface area contributed by atoms with Gasteiger partial charge in [0.1, 0.15) is 5.82 Å². The van der Waals surface area contributed by atoms with Gasteiger partial charge in [0.25, 0.3) is 17.5 Å². The largest absolute Gasteiger partial charge is 0.353 e. The molecule has 0 aliphatic carbocycles. The van der Waals surface area contributed by atoms with Crippen molar-refractivity contribution >= 4 is 23.3 Å². The normalized spacial score (nSPS) is 13.9. The minimum absolute atomic E-state index is 0.0383. The number of amides is 2. The molecule has 0 saturated carbocycles. The summed E-state index contributed by atoms with van der Waals surface area (Å²) in [6.07, 6.45) is 1.56. The highest BCUT2D eigenvalue weighted by atomic mass is 16.6. The van der Waals surface area contributed by atoms with Gasteiger partial charge in [0.15, 0.2) is 0 Å². The molecule has 1 saturated heterocycles. The number of nitro groups is 1. The molecule has 3 rings (SSSR count). The number of nitrogens with zero attached hydrogens (tertiary/aromatic N) is 5. The van der Waals surface area contributed by atoms with Crippen LogP contribution in [0.1, 0.15) is 20.7 Å². The van der Waals surface area contributed by atoms with Gasteiger partial charge in [-0.05, 0) is 24.3 Å². The third-order valence-corrected chi connectivity index (χ3v) is 4.62. The summed E-state index contributed by atoms with van der Waals surface area (Å²) >= 11 is 0. The molecule has 0 radical (unpaired) electrons. The Kier molecular flexibility index (Phi) is 5.53. The molecule has 1 aromatic carbocycles. The predicted molar refractivity (Wildman–Crippen MR) is 103 cm³/mol. The monoisotopic (exact) mass is 383 g/mol. The maximum atomic E-state index is 12.6. The van der Waals surface area contributed by atoms with Crippen LogP contribution in [0, 0.1) is 10.1 Å². The highest BCUT2D eigenvalue weighted by Gasteiger charge is 2.23. The molecule has 1 aliphatic heterocycles. The molecule has 2 aromatic rings. The van der Waals surface area contributed by atoms with Crippen LogP contribution in [0.25, 0.3) is 0 Å². The second-order valence-corrected chi connectivity index (χ2v) is 6.69. The highest BCUT2D eigenvalue weighted by molar-refractivity contribution is 5.95. The zero-order chi connectivity index (χ0) is 20.3. The fraction of sp³-hybridized carbons (Fsp3) is 0.316. The average Bonchev–Trinajstić information content (AvgIpc) is 2.73. The molecule has 1 fully saturated rings. The number of carbonyl (C=O) groups is 2. The Morgan fingerprint density at radius 2 is 1.61 bits per heavy atom. The molecule has 9 nitrogen and oxygen atoms in total. The minimum Gasteiger partial charge on any atom is -0.353 e. The number of anilines is 1. The van der Waals surface area contributed by atoms with Crippen LogP contribution in [0.5, 0.6) is 0 Å². The Hall–Kier alpha value is -3.49. The lowest BCUT2D eigenvalue weighted by atomic mass is 10.1. The number of rotatable bonds is 4. The number of benzene rings is 1. The number of pyridine rings is 1. The summed E-state index contributed by atoms with van der Waals surface area (Å²) in [5.41, 5.74) is 0.924. The molecule has 1 aliphatic rings. The topological polar surface area (TPSA) is 99.9 Å². The van der Waals surface area contributed by atoms with E-state index in [9.17, 15) is 19.7 Å². The van der Waals surface area contributed by atoms with Gasteiger partial charge in [-0.25, -0.2) is 4.98 Å². The van der Waals surface area contributed by atoms with E-state index in [0.717, 1.165) is 5.82 Å². The van der Waals surface area contributed by atoms with Gasteiger partial charge in [0.2, 0.25) is 0 Å². The molecule has 0 unspecified atom stereocenters. The minimum atomic E-state index is -0.489. The lowest BCUT2D eigenvalue weighted by Gasteiger charge is -2.35. The van der Waals surface area contributed by atoms with Crippen LogP contribution < -0.4 is 4.90 Å². The Bertz CT molecular complexity index is 872. The van der Waals surface area contributed by atoms with Crippen molar-refractivity contribution in [2.75, 3.05) is 45.2 Å². The van der Waals surface area contributed by atoms with Gasteiger partial charge < -0.3 is 14.7 Å². The first kappa shape index (κ1) is 19.3. The van der Waals surface area contributed by atoms with Crippen molar-refractivity contribution in [2.45, 2.75) is 0 Å². The maximum absolute atomic E-state index is 12.6. The molecule has 0 atom stereocenters. The van der Waals surface area contributed by atoms with Gasteiger partial charge in [0.05, 0.1) is 10.5 Å². The molecule has 0 spiro atoms. The Labute approximate surface area is 162 Å². The summed E-state index contributed by atoms with van der Waals surface area (Å²) in [4.78, 5) is 44.4. The van der Waals surface area contributed by atoms with E-state index in [2.05, 4.69) is 9.88 Å². The Morgan fingerprint density at radius 1 is 1.00 bits per heavy atom. The van der Waals surface area contributed by atoms with E-state index in [1.165, 1.54) is 29.2 Å². The molecular formula is C19H21N5O4. The van der Waals surface area contributed by atoms with Gasteiger partial charge in [0, 0.05) is 64.2 Å². The van der Waals surface area contributed by atoms with Crippen molar-refractivity contribution in [1.29, 1.82) is 0 Å². The standard InChI is InChI=1S/C19H21N5O4/c1-21(2)18(25)15-5-8-17(20-13-15)22-9-11-23(12-10-22)19(26)14-3-6-16(7-4-14)24(27)28/h3-8,13H,9-12H2,1-2H3. The maximum Gasteiger partial charge on any atom is 0.269 e. The van der Waals surface area contributed by atoms with E-state index < -0.39 is 4.92 Å². The SMILES string of the molecule is CN(C)C(=O)c1ccc(N2CCN(C(=O)c3ccc([N+](=O)[O-])cc3)CC2)nc1. The molecule has 1 aromatic heterocycles. The van der Waals surface area contributed by atoms with E-state index in [0.29, 0.717) is 37.3 Å². The van der Waals surface area contributed by atoms with Crippen molar-refractivity contribution in [3.63, 3.8) is 0 Å². The first-order chi connectivity index (χ1) is 13.4. The number of carbonyl (C=O) groups excluding carboxylic acids is 2. The van der Waals surface area contributed by atoms with Gasteiger partial charge in [-0.2, -0.15) is 0 Å². The summed E-state index contributed by atoms with van der Waals surface area (Å²) in [5, 5.41) is 10.7. The fourth-order valence-electron chi connectivity index (χ4n) is 3.00. The van der Waals surface area contributed by atoms with Crippen molar-refractivity contribution in [3.8, 4) is 0 Å². The highest BCUT2D eigenvalue weighted by Crippen LogP contribution is 2.17. The van der Waals surface area contributed by atoms with Crippen molar-refractivity contribution in [2.24, 2.45) is 0 Å². The third kappa shape index (κ3) is 4.08.